The molecule has 0 aliphatic carbocycles. The second-order valence-corrected chi connectivity index (χ2v) is 7.84. The summed E-state index contributed by atoms with van der Waals surface area (Å²) in [7, 11) is 0. The lowest BCUT2D eigenvalue weighted by atomic mass is 10.1. The number of ether oxygens (including phenoxy) is 1. The second-order valence-electron chi connectivity index (χ2n) is 6.38. The summed E-state index contributed by atoms with van der Waals surface area (Å²) >= 11 is 7.59. The lowest BCUT2D eigenvalue weighted by molar-refractivity contribution is -0.141. The van der Waals surface area contributed by atoms with E-state index in [1.807, 2.05) is 39.0 Å². The molecule has 6 heteroatoms. The summed E-state index contributed by atoms with van der Waals surface area (Å²) in [5.74, 6) is -0.153. The summed E-state index contributed by atoms with van der Waals surface area (Å²) in [5, 5.41) is 1.23. The molecule has 4 nitrogen and oxygen atoms in total. The molecule has 0 saturated heterocycles. The van der Waals surface area contributed by atoms with E-state index in [9.17, 15) is 9.59 Å². The van der Waals surface area contributed by atoms with E-state index >= 15 is 0 Å². The Labute approximate surface area is 166 Å². The van der Waals surface area contributed by atoms with Crippen molar-refractivity contribution in [3.8, 4) is 0 Å². The van der Waals surface area contributed by atoms with Gasteiger partial charge in [-0.25, -0.2) is 4.79 Å². The van der Waals surface area contributed by atoms with Gasteiger partial charge in [0.1, 0.15) is 12.2 Å². The summed E-state index contributed by atoms with van der Waals surface area (Å²) in [5.41, 5.74) is 3.73. The number of carbonyl (C=O) groups excluding carboxylic acids is 1. The molecule has 0 unspecified atom stereocenters. The van der Waals surface area contributed by atoms with Gasteiger partial charge in [-0.15, -0.1) is 11.8 Å². The molecule has 3 aromatic rings. The number of esters is 1. The molecule has 3 rings (SSSR count). The number of hydrogen-bond acceptors (Lipinski definition) is 5. The van der Waals surface area contributed by atoms with Gasteiger partial charge in [-0.1, -0.05) is 17.7 Å². The maximum absolute atomic E-state index is 12.1. The maximum atomic E-state index is 12.1. The predicted octanol–water partition coefficient (Wildman–Crippen LogP) is 5.21. The summed E-state index contributed by atoms with van der Waals surface area (Å²) < 4.78 is 10.6. The third-order valence-corrected chi connectivity index (χ3v) is 5.71. The van der Waals surface area contributed by atoms with Crippen molar-refractivity contribution in [2.24, 2.45) is 0 Å². The Bertz CT molecular complexity index is 1070. The van der Waals surface area contributed by atoms with Crippen LogP contribution in [-0.2, 0) is 16.1 Å². The van der Waals surface area contributed by atoms with E-state index in [0.29, 0.717) is 21.6 Å². The molecule has 0 aliphatic rings. The van der Waals surface area contributed by atoms with Crippen LogP contribution in [0, 0.1) is 20.8 Å². The molecule has 0 spiro atoms. The topological polar surface area (TPSA) is 56.5 Å². The Morgan fingerprint density at radius 2 is 1.85 bits per heavy atom. The van der Waals surface area contributed by atoms with Crippen LogP contribution in [0.2, 0.25) is 5.02 Å². The van der Waals surface area contributed by atoms with Gasteiger partial charge in [0.2, 0.25) is 0 Å². The monoisotopic (exact) mass is 402 g/mol. The maximum Gasteiger partial charge on any atom is 0.336 e. The number of rotatable bonds is 5. The van der Waals surface area contributed by atoms with E-state index in [4.69, 9.17) is 20.8 Å². The summed E-state index contributed by atoms with van der Waals surface area (Å²) in [4.78, 5) is 24.9. The van der Waals surface area contributed by atoms with Gasteiger partial charge in [-0.05, 0) is 61.7 Å². The van der Waals surface area contributed by atoms with Crippen molar-refractivity contribution < 1.29 is 13.9 Å². The van der Waals surface area contributed by atoms with Gasteiger partial charge in [0.15, 0.2) is 0 Å². The van der Waals surface area contributed by atoms with Crippen LogP contribution < -0.4 is 5.63 Å². The molecule has 0 fully saturated rings. The Morgan fingerprint density at radius 3 is 2.59 bits per heavy atom. The van der Waals surface area contributed by atoms with Gasteiger partial charge in [-0.2, -0.15) is 0 Å². The molecular weight excluding hydrogens is 384 g/mol. The summed E-state index contributed by atoms with van der Waals surface area (Å²) in [6.07, 6.45) is 0. The van der Waals surface area contributed by atoms with Crippen LogP contribution in [0.5, 0.6) is 0 Å². The van der Waals surface area contributed by atoms with Crippen molar-refractivity contribution in [3.05, 3.63) is 74.1 Å². The molecule has 2 aromatic carbocycles. The first-order chi connectivity index (χ1) is 12.8. The van der Waals surface area contributed by atoms with E-state index in [-0.39, 0.29) is 18.3 Å². The molecule has 27 heavy (non-hydrogen) atoms. The van der Waals surface area contributed by atoms with Gasteiger partial charge in [-0.3, -0.25) is 4.79 Å². The predicted molar refractivity (Wildman–Crippen MR) is 109 cm³/mol. The van der Waals surface area contributed by atoms with Gasteiger partial charge < -0.3 is 9.15 Å². The van der Waals surface area contributed by atoms with Crippen LogP contribution in [0.25, 0.3) is 11.0 Å². The molecule has 1 aromatic heterocycles. The summed E-state index contributed by atoms with van der Waals surface area (Å²) in [6, 6.07) is 10.8. The first-order valence-corrected chi connectivity index (χ1v) is 9.78. The number of thioether (sulfide) groups is 1. The second kappa shape index (κ2) is 8.19. The highest BCUT2D eigenvalue weighted by Crippen LogP contribution is 2.26. The minimum atomic E-state index is -0.486. The normalized spacial score (nSPS) is 11.0. The standard InChI is InChI=1S/C21H19ClO4S/c1-12-4-5-16(6-13(12)2)27-11-21(24)25-10-15-8-20(23)26-19-7-14(3)18(22)9-17(15)19/h4-9H,10-11H2,1-3H3. The van der Waals surface area contributed by atoms with Crippen LogP contribution in [0.4, 0.5) is 0 Å². The minimum Gasteiger partial charge on any atom is -0.460 e. The molecule has 1 heterocycles. The van der Waals surface area contributed by atoms with Crippen molar-refractivity contribution in [3.63, 3.8) is 0 Å². The zero-order chi connectivity index (χ0) is 19.6. The number of benzene rings is 2. The van der Waals surface area contributed by atoms with Crippen LogP contribution >= 0.6 is 23.4 Å². The molecule has 0 N–H and O–H groups in total. The molecule has 0 aliphatic heterocycles. The number of hydrogen-bond donors (Lipinski definition) is 0. The van der Waals surface area contributed by atoms with Gasteiger partial charge >= 0.3 is 11.6 Å². The van der Waals surface area contributed by atoms with Crippen molar-refractivity contribution in [2.45, 2.75) is 32.3 Å². The zero-order valence-corrected chi connectivity index (χ0v) is 16.9. The smallest absolute Gasteiger partial charge is 0.336 e. The van der Waals surface area contributed by atoms with E-state index in [2.05, 4.69) is 0 Å². The lowest BCUT2D eigenvalue weighted by Crippen LogP contribution is -2.09. The van der Waals surface area contributed by atoms with E-state index in [1.54, 1.807) is 12.1 Å². The van der Waals surface area contributed by atoms with Gasteiger partial charge in [0.05, 0.1) is 5.75 Å². The fourth-order valence-electron chi connectivity index (χ4n) is 2.61. The fourth-order valence-corrected chi connectivity index (χ4v) is 3.57. The van der Waals surface area contributed by atoms with Crippen LogP contribution in [-0.4, -0.2) is 11.7 Å². The average molecular weight is 403 g/mol. The minimum absolute atomic E-state index is 0.00614. The van der Waals surface area contributed by atoms with Crippen LogP contribution in [0.15, 0.2) is 50.5 Å². The molecular formula is C21H19ClO4S. The Morgan fingerprint density at radius 1 is 1.07 bits per heavy atom. The highest BCUT2D eigenvalue weighted by Gasteiger charge is 2.11. The zero-order valence-electron chi connectivity index (χ0n) is 15.3. The van der Waals surface area contributed by atoms with Crippen LogP contribution in [0.1, 0.15) is 22.3 Å². The Kier molecular flexibility index (Phi) is 5.92. The Balaban J connectivity index is 1.69. The van der Waals surface area contributed by atoms with Crippen molar-refractivity contribution >= 4 is 40.3 Å². The highest BCUT2D eigenvalue weighted by atomic mass is 35.5. The fraction of sp³-hybridized carbons (Fsp3) is 0.238. The highest BCUT2D eigenvalue weighted by molar-refractivity contribution is 8.00. The lowest BCUT2D eigenvalue weighted by Gasteiger charge is -2.09. The molecule has 140 valence electrons. The SMILES string of the molecule is Cc1ccc(SCC(=O)OCc2cc(=O)oc3cc(C)c(Cl)cc23)cc1C. The molecule has 0 amide bonds. The summed E-state index contributed by atoms with van der Waals surface area (Å²) in [6.45, 7) is 5.91. The number of halogens is 1. The Hall–Kier alpha value is -2.24. The first-order valence-electron chi connectivity index (χ1n) is 8.42. The number of carbonyl (C=O) groups is 1. The van der Waals surface area contributed by atoms with E-state index in [1.165, 1.54) is 29.0 Å². The van der Waals surface area contributed by atoms with E-state index in [0.717, 1.165) is 10.5 Å². The number of fused-ring (bicyclic) bond motifs is 1. The van der Waals surface area contributed by atoms with Crippen molar-refractivity contribution in [1.82, 2.24) is 0 Å². The average Bonchev–Trinajstić information content (AvgIpc) is 2.62. The van der Waals surface area contributed by atoms with Crippen LogP contribution in [0.3, 0.4) is 0 Å². The third-order valence-electron chi connectivity index (χ3n) is 4.33. The largest absolute Gasteiger partial charge is 0.460 e. The van der Waals surface area contributed by atoms with E-state index < -0.39 is 5.63 Å². The van der Waals surface area contributed by atoms with Crippen molar-refractivity contribution in [1.29, 1.82) is 0 Å². The molecule has 0 radical (unpaired) electrons. The first kappa shape index (κ1) is 19.5. The van der Waals surface area contributed by atoms with Gasteiger partial charge in [0, 0.05) is 26.9 Å². The van der Waals surface area contributed by atoms with Gasteiger partial charge in [0.25, 0.3) is 0 Å². The molecule has 0 atom stereocenters. The number of aryl methyl sites for hydroxylation is 3. The quantitative estimate of drug-likeness (QED) is 0.333. The van der Waals surface area contributed by atoms with Crippen molar-refractivity contribution in [2.75, 3.05) is 5.75 Å². The molecule has 0 bridgehead atoms. The molecule has 0 saturated carbocycles. The third kappa shape index (κ3) is 4.73.